The van der Waals surface area contributed by atoms with Gasteiger partial charge < -0.3 is 4.57 Å². The van der Waals surface area contributed by atoms with Gasteiger partial charge in [-0.15, -0.1) is 0 Å². The van der Waals surface area contributed by atoms with Crippen LogP contribution in [0.25, 0.3) is 11.0 Å². The van der Waals surface area contributed by atoms with Gasteiger partial charge in [-0.25, -0.2) is 9.37 Å². The van der Waals surface area contributed by atoms with E-state index in [1.165, 1.54) is 11.6 Å². The Balaban J connectivity index is 1.37. The van der Waals surface area contributed by atoms with Crippen molar-refractivity contribution >= 4 is 11.0 Å². The van der Waals surface area contributed by atoms with Crippen molar-refractivity contribution in [2.24, 2.45) is 7.05 Å². The Morgan fingerprint density at radius 3 is 2.24 bits per heavy atom. The lowest BCUT2D eigenvalue weighted by molar-refractivity contribution is 0.118. The highest BCUT2D eigenvalue weighted by molar-refractivity contribution is 5.75. The van der Waals surface area contributed by atoms with Crippen molar-refractivity contribution in [3.05, 3.63) is 65.7 Å². The Labute approximate surface area is 147 Å². The first-order chi connectivity index (χ1) is 12.2. The summed E-state index contributed by atoms with van der Waals surface area (Å²) in [4.78, 5) is 9.52. The molecule has 2 aromatic carbocycles. The zero-order valence-corrected chi connectivity index (χ0v) is 14.5. The molecular weight excluding hydrogens is 315 g/mol. The summed E-state index contributed by atoms with van der Waals surface area (Å²) in [6.07, 6.45) is 0. The number of piperazine rings is 1. The van der Waals surface area contributed by atoms with E-state index in [-0.39, 0.29) is 5.82 Å². The van der Waals surface area contributed by atoms with E-state index in [1.54, 1.807) is 6.07 Å². The van der Waals surface area contributed by atoms with Crippen LogP contribution in [0, 0.1) is 5.82 Å². The van der Waals surface area contributed by atoms with E-state index in [1.807, 2.05) is 18.2 Å². The molecule has 1 fully saturated rings. The van der Waals surface area contributed by atoms with Crippen LogP contribution in [-0.4, -0.2) is 45.5 Å². The van der Waals surface area contributed by atoms with Gasteiger partial charge in [-0.05, 0) is 18.2 Å². The van der Waals surface area contributed by atoms with Gasteiger partial charge in [0.1, 0.15) is 11.6 Å². The topological polar surface area (TPSA) is 24.3 Å². The minimum atomic E-state index is -0.107. The summed E-state index contributed by atoms with van der Waals surface area (Å²) in [5.41, 5.74) is 3.01. The molecule has 4 nitrogen and oxygen atoms in total. The first-order valence-electron chi connectivity index (χ1n) is 8.79. The monoisotopic (exact) mass is 338 g/mol. The van der Waals surface area contributed by atoms with Crippen LogP contribution in [-0.2, 0) is 20.1 Å². The van der Waals surface area contributed by atoms with Gasteiger partial charge in [0.05, 0.1) is 17.6 Å². The normalized spacial score (nSPS) is 16.6. The highest BCUT2D eigenvalue weighted by Crippen LogP contribution is 2.17. The molecular formula is C20H23FN4. The Morgan fingerprint density at radius 1 is 0.880 bits per heavy atom. The highest BCUT2D eigenvalue weighted by atomic mass is 19.1. The fourth-order valence-electron chi connectivity index (χ4n) is 3.51. The third-order valence-corrected chi connectivity index (χ3v) is 5.06. The van der Waals surface area contributed by atoms with Crippen LogP contribution in [0.3, 0.4) is 0 Å². The zero-order chi connectivity index (χ0) is 17.2. The maximum Gasteiger partial charge on any atom is 0.127 e. The van der Waals surface area contributed by atoms with Crippen LogP contribution in [0.1, 0.15) is 11.4 Å². The van der Waals surface area contributed by atoms with Crippen molar-refractivity contribution in [2.75, 3.05) is 26.2 Å². The van der Waals surface area contributed by atoms with Crippen molar-refractivity contribution in [1.82, 2.24) is 19.4 Å². The van der Waals surface area contributed by atoms with Gasteiger partial charge in [-0.2, -0.15) is 0 Å². The number of hydrogen-bond acceptors (Lipinski definition) is 3. The SMILES string of the molecule is Cn1c(CN2CCN(Cc3ccccc3F)CC2)nc2ccccc21. The Kier molecular flexibility index (Phi) is 4.51. The standard InChI is InChI=1S/C20H23FN4/c1-23-19-9-5-4-8-18(19)22-20(23)15-25-12-10-24(11-13-25)14-16-6-2-3-7-17(16)21/h2-9H,10-15H2,1H3. The largest absolute Gasteiger partial charge is 0.330 e. The lowest BCUT2D eigenvalue weighted by atomic mass is 10.2. The lowest BCUT2D eigenvalue weighted by Crippen LogP contribution is -2.45. The third kappa shape index (κ3) is 3.43. The Bertz CT molecular complexity index is 865. The average molecular weight is 338 g/mol. The van der Waals surface area contributed by atoms with Gasteiger partial charge in [0, 0.05) is 45.3 Å². The molecule has 0 radical (unpaired) electrons. The molecule has 0 amide bonds. The van der Waals surface area contributed by atoms with E-state index in [0.29, 0.717) is 6.54 Å². The van der Waals surface area contributed by atoms with E-state index in [0.717, 1.165) is 49.6 Å². The number of halogens is 1. The summed E-state index contributed by atoms with van der Waals surface area (Å²) in [6.45, 7) is 5.43. The van der Waals surface area contributed by atoms with Crippen LogP contribution in [0.5, 0.6) is 0 Å². The average Bonchev–Trinajstić information content (AvgIpc) is 2.95. The van der Waals surface area contributed by atoms with E-state index in [9.17, 15) is 4.39 Å². The van der Waals surface area contributed by atoms with Crippen molar-refractivity contribution < 1.29 is 4.39 Å². The molecule has 1 aliphatic heterocycles. The smallest absolute Gasteiger partial charge is 0.127 e. The van der Waals surface area contributed by atoms with Crippen molar-refractivity contribution in [1.29, 1.82) is 0 Å². The van der Waals surface area contributed by atoms with Crippen molar-refractivity contribution in [2.45, 2.75) is 13.1 Å². The van der Waals surface area contributed by atoms with Crippen LogP contribution in [0.2, 0.25) is 0 Å². The molecule has 2 heterocycles. The van der Waals surface area contributed by atoms with Gasteiger partial charge in [0.15, 0.2) is 0 Å². The molecule has 1 saturated heterocycles. The summed E-state index contributed by atoms with van der Waals surface area (Å²) >= 11 is 0. The van der Waals surface area contributed by atoms with E-state index in [4.69, 9.17) is 4.98 Å². The fraction of sp³-hybridized carbons (Fsp3) is 0.350. The number of hydrogen-bond donors (Lipinski definition) is 0. The Hall–Kier alpha value is -2.24. The molecule has 0 bridgehead atoms. The van der Waals surface area contributed by atoms with Gasteiger partial charge in [0.2, 0.25) is 0 Å². The maximum atomic E-state index is 13.8. The van der Waals surface area contributed by atoms with Gasteiger partial charge in [-0.3, -0.25) is 9.80 Å². The third-order valence-electron chi connectivity index (χ3n) is 5.06. The second-order valence-corrected chi connectivity index (χ2v) is 6.72. The molecule has 1 aromatic heterocycles. The number of aryl methyl sites for hydroxylation is 1. The number of nitrogens with zero attached hydrogens (tertiary/aromatic N) is 4. The Morgan fingerprint density at radius 2 is 1.52 bits per heavy atom. The van der Waals surface area contributed by atoms with E-state index < -0.39 is 0 Å². The predicted molar refractivity (Wildman–Crippen MR) is 97.7 cm³/mol. The molecule has 130 valence electrons. The number of benzene rings is 2. The molecule has 25 heavy (non-hydrogen) atoms. The number of para-hydroxylation sites is 2. The minimum absolute atomic E-state index is 0.107. The number of fused-ring (bicyclic) bond motifs is 1. The predicted octanol–water partition coefficient (Wildman–Crippen LogP) is 3.03. The first kappa shape index (κ1) is 16.2. The molecule has 0 saturated carbocycles. The van der Waals surface area contributed by atoms with Crippen LogP contribution < -0.4 is 0 Å². The van der Waals surface area contributed by atoms with Crippen molar-refractivity contribution in [3.8, 4) is 0 Å². The molecule has 0 atom stereocenters. The molecule has 3 aromatic rings. The second-order valence-electron chi connectivity index (χ2n) is 6.72. The molecule has 4 rings (SSSR count). The number of rotatable bonds is 4. The van der Waals surface area contributed by atoms with Gasteiger partial charge in [0.25, 0.3) is 0 Å². The molecule has 0 spiro atoms. The lowest BCUT2D eigenvalue weighted by Gasteiger charge is -2.34. The van der Waals surface area contributed by atoms with Crippen LogP contribution in [0.15, 0.2) is 48.5 Å². The van der Waals surface area contributed by atoms with Crippen LogP contribution >= 0.6 is 0 Å². The second kappa shape index (κ2) is 6.94. The van der Waals surface area contributed by atoms with Gasteiger partial charge >= 0.3 is 0 Å². The van der Waals surface area contributed by atoms with Crippen LogP contribution in [0.4, 0.5) is 4.39 Å². The molecule has 5 heteroatoms. The summed E-state index contributed by atoms with van der Waals surface area (Å²) in [5, 5.41) is 0. The molecule has 0 unspecified atom stereocenters. The fourth-order valence-corrected chi connectivity index (χ4v) is 3.51. The summed E-state index contributed by atoms with van der Waals surface area (Å²) in [7, 11) is 2.08. The van der Waals surface area contributed by atoms with E-state index in [2.05, 4.69) is 39.6 Å². The quantitative estimate of drug-likeness (QED) is 0.731. The first-order valence-corrected chi connectivity index (χ1v) is 8.79. The molecule has 1 aliphatic rings. The number of imidazole rings is 1. The summed E-state index contributed by atoms with van der Waals surface area (Å²) in [6, 6.07) is 15.3. The molecule has 0 N–H and O–H groups in total. The highest BCUT2D eigenvalue weighted by Gasteiger charge is 2.19. The minimum Gasteiger partial charge on any atom is -0.330 e. The maximum absolute atomic E-state index is 13.8. The zero-order valence-electron chi connectivity index (χ0n) is 14.5. The van der Waals surface area contributed by atoms with Gasteiger partial charge in [-0.1, -0.05) is 30.3 Å². The summed E-state index contributed by atoms with van der Waals surface area (Å²) < 4.78 is 16.0. The molecule has 0 aliphatic carbocycles. The van der Waals surface area contributed by atoms with Crippen molar-refractivity contribution in [3.63, 3.8) is 0 Å². The summed E-state index contributed by atoms with van der Waals surface area (Å²) in [5.74, 6) is 0.994. The van der Waals surface area contributed by atoms with E-state index >= 15 is 0 Å². The number of aromatic nitrogens is 2.